The average molecular weight is 340 g/mol. The molecule has 1 aromatic heterocycles. The molecule has 0 saturated heterocycles. The molecule has 0 unspecified atom stereocenters. The Kier molecular flexibility index (Phi) is 5.13. The molecule has 0 radical (unpaired) electrons. The summed E-state index contributed by atoms with van der Waals surface area (Å²) in [5, 5.41) is 0.603. The first-order valence-corrected chi connectivity index (χ1v) is 7.52. The lowest BCUT2D eigenvalue weighted by molar-refractivity contribution is 0.615. The number of pyridine rings is 1. The fourth-order valence-corrected chi connectivity index (χ4v) is 2.55. The summed E-state index contributed by atoms with van der Waals surface area (Å²) in [6, 6.07) is -0.118. The van der Waals surface area contributed by atoms with Crippen LogP contribution in [0.4, 0.5) is 0 Å². The topological polar surface area (TPSA) is 42.0 Å². The van der Waals surface area contributed by atoms with Crippen LogP contribution in [0.25, 0.3) is 0 Å². The van der Waals surface area contributed by atoms with Crippen LogP contribution < -0.4 is 4.72 Å². The summed E-state index contributed by atoms with van der Waals surface area (Å²) in [7, 11) is -1.13. The molecule has 17 heavy (non-hydrogen) atoms. The molecular formula is C11H16BrClN2OS. The van der Waals surface area contributed by atoms with Gasteiger partial charge in [0.1, 0.15) is 0 Å². The van der Waals surface area contributed by atoms with Gasteiger partial charge in [0, 0.05) is 24.0 Å². The molecule has 0 saturated carbocycles. The number of nitrogens with one attached hydrogen (secondary N) is 1. The molecule has 0 fully saturated rings. The van der Waals surface area contributed by atoms with Gasteiger partial charge in [0.05, 0.1) is 25.2 Å². The fourth-order valence-electron chi connectivity index (χ4n) is 1.14. The number of nitrogens with zero attached hydrogens (tertiary/aromatic N) is 1. The molecule has 0 spiro atoms. The van der Waals surface area contributed by atoms with Crippen LogP contribution in [0.1, 0.15) is 39.3 Å². The van der Waals surface area contributed by atoms with E-state index in [2.05, 4.69) is 25.6 Å². The van der Waals surface area contributed by atoms with Gasteiger partial charge in [-0.05, 0) is 43.6 Å². The molecule has 96 valence electrons. The SMILES string of the molecule is C[C@@H](N[S@](=O)C(C)(C)C)c1cncc(Br)c1Cl. The molecule has 0 amide bonds. The highest BCUT2D eigenvalue weighted by molar-refractivity contribution is 9.10. The van der Waals surface area contributed by atoms with E-state index in [0.717, 1.165) is 10.0 Å². The van der Waals surface area contributed by atoms with Crippen LogP contribution in [0, 0.1) is 0 Å². The molecule has 1 heterocycles. The predicted molar refractivity (Wildman–Crippen MR) is 76.4 cm³/mol. The Hall–Kier alpha value is 0.0300. The Morgan fingerprint density at radius 2 is 2.06 bits per heavy atom. The van der Waals surface area contributed by atoms with Crippen molar-refractivity contribution >= 4 is 38.5 Å². The van der Waals surface area contributed by atoms with Gasteiger partial charge in [-0.1, -0.05) is 11.6 Å². The van der Waals surface area contributed by atoms with Crippen LogP contribution in [0.5, 0.6) is 0 Å². The van der Waals surface area contributed by atoms with Crippen molar-refractivity contribution in [3.8, 4) is 0 Å². The Morgan fingerprint density at radius 3 is 2.59 bits per heavy atom. The number of rotatable bonds is 3. The van der Waals surface area contributed by atoms with Gasteiger partial charge in [-0.25, -0.2) is 8.93 Å². The van der Waals surface area contributed by atoms with E-state index in [-0.39, 0.29) is 10.8 Å². The summed E-state index contributed by atoms with van der Waals surface area (Å²) < 4.78 is 15.4. The molecule has 0 aromatic carbocycles. The Morgan fingerprint density at radius 1 is 1.47 bits per heavy atom. The fraction of sp³-hybridized carbons (Fsp3) is 0.545. The van der Waals surface area contributed by atoms with Crippen LogP contribution in [-0.4, -0.2) is 13.9 Å². The van der Waals surface area contributed by atoms with Crippen LogP contribution in [0.2, 0.25) is 5.02 Å². The van der Waals surface area contributed by atoms with E-state index < -0.39 is 11.0 Å². The predicted octanol–water partition coefficient (Wildman–Crippen LogP) is 3.61. The Balaban J connectivity index is 2.88. The molecule has 1 N–H and O–H groups in total. The van der Waals surface area contributed by atoms with Gasteiger partial charge in [0.25, 0.3) is 0 Å². The zero-order valence-corrected chi connectivity index (χ0v) is 13.4. The third-order valence-electron chi connectivity index (χ3n) is 2.17. The van der Waals surface area contributed by atoms with E-state index in [1.165, 1.54) is 0 Å². The molecule has 2 atom stereocenters. The highest BCUT2D eigenvalue weighted by Crippen LogP contribution is 2.29. The minimum Gasteiger partial charge on any atom is -0.263 e. The largest absolute Gasteiger partial charge is 0.263 e. The molecule has 0 aliphatic rings. The lowest BCUT2D eigenvalue weighted by Crippen LogP contribution is -2.34. The number of hydrogen-bond acceptors (Lipinski definition) is 2. The van der Waals surface area contributed by atoms with Crippen LogP contribution in [-0.2, 0) is 11.0 Å². The summed E-state index contributed by atoms with van der Waals surface area (Å²) in [5.74, 6) is 0. The Bertz CT molecular complexity index is 434. The maximum Gasteiger partial charge on any atom is 0.0975 e. The van der Waals surface area contributed by atoms with Gasteiger partial charge in [-0.15, -0.1) is 0 Å². The molecule has 1 aromatic rings. The molecule has 0 bridgehead atoms. The quantitative estimate of drug-likeness (QED) is 0.914. The molecule has 3 nitrogen and oxygen atoms in total. The van der Waals surface area contributed by atoms with Crippen LogP contribution in [0.15, 0.2) is 16.9 Å². The molecular weight excluding hydrogens is 324 g/mol. The number of aromatic nitrogens is 1. The zero-order chi connectivity index (χ0) is 13.2. The van der Waals surface area contributed by atoms with Crippen molar-refractivity contribution in [2.75, 3.05) is 0 Å². The van der Waals surface area contributed by atoms with Crippen molar-refractivity contribution in [1.29, 1.82) is 0 Å². The third-order valence-corrected chi connectivity index (χ3v) is 5.10. The van der Waals surface area contributed by atoms with Gasteiger partial charge in [0.2, 0.25) is 0 Å². The summed E-state index contributed by atoms with van der Waals surface area (Å²) >= 11 is 9.48. The first-order valence-electron chi connectivity index (χ1n) is 5.20. The zero-order valence-electron chi connectivity index (χ0n) is 10.3. The number of halogens is 2. The summed E-state index contributed by atoms with van der Waals surface area (Å²) in [4.78, 5) is 4.07. The summed E-state index contributed by atoms with van der Waals surface area (Å²) in [6.07, 6.45) is 3.32. The highest BCUT2D eigenvalue weighted by atomic mass is 79.9. The lowest BCUT2D eigenvalue weighted by atomic mass is 10.2. The van der Waals surface area contributed by atoms with E-state index in [9.17, 15) is 4.21 Å². The molecule has 0 aliphatic carbocycles. The minimum absolute atomic E-state index is 0.118. The highest BCUT2D eigenvalue weighted by Gasteiger charge is 2.23. The standard InChI is InChI=1S/C11H16BrClN2OS/c1-7(15-17(16)11(2,3)4)8-5-14-6-9(12)10(8)13/h5-7,15H,1-4H3/t7-,17-/m1/s1. The van der Waals surface area contributed by atoms with E-state index >= 15 is 0 Å². The Labute approximate surface area is 118 Å². The van der Waals surface area contributed by atoms with Gasteiger partial charge < -0.3 is 0 Å². The first-order chi connectivity index (χ1) is 7.73. The van der Waals surface area contributed by atoms with Crippen molar-refractivity contribution in [3.63, 3.8) is 0 Å². The monoisotopic (exact) mass is 338 g/mol. The van der Waals surface area contributed by atoms with Crippen molar-refractivity contribution in [2.24, 2.45) is 0 Å². The van der Waals surface area contributed by atoms with Gasteiger partial charge in [0.15, 0.2) is 0 Å². The number of hydrogen-bond donors (Lipinski definition) is 1. The van der Waals surface area contributed by atoms with Crippen LogP contribution >= 0.6 is 27.5 Å². The molecule has 6 heteroatoms. The molecule has 1 rings (SSSR count). The first kappa shape index (κ1) is 15.1. The van der Waals surface area contributed by atoms with Crippen molar-refractivity contribution in [3.05, 3.63) is 27.5 Å². The summed E-state index contributed by atoms with van der Waals surface area (Å²) in [6.45, 7) is 7.68. The second-order valence-electron chi connectivity index (χ2n) is 4.75. The van der Waals surface area contributed by atoms with Crippen molar-refractivity contribution in [2.45, 2.75) is 38.5 Å². The van der Waals surface area contributed by atoms with E-state index in [0.29, 0.717) is 5.02 Å². The second kappa shape index (κ2) is 5.78. The van der Waals surface area contributed by atoms with Crippen LogP contribution in [0.3, 0.4) is 0 Å². The third kappa shape index (κ3) is 4.02. The van der Waals surface area contributed by atoms with Gasteiger partial charge >= 0.3 is 0 Å². The maximum atomic E-state index is 12.0. The minimum atomic E-state index is -1.13. The van der Waals surface area contributed by atoms with E-state index in [4.69, 9.17) is 11.6 Å². The maximum absolute atomic E-state index is 12.0. The smallest absolute Gasteiger partial charge is 0.0975 e. The van der Waals surface area contributed by atoms with E-state index in [1.807, 2.05) is 27.7 Å². The lowest BCUT2D eigenvalue weighted by Gasteiger charge is -2.22. The average Bonchev–Trinajstić information content (AvgIpc) is 2.20. The second-order valence-corrected chi connectivity index (χ2v) is 7.98. The van der Waals surface area contributed by atoms with Gasteiger partial charge in [-0.3, -0.25) is 4.98 Å². The van der Waals surface area contributed by atoms with Crippen molar-refractivity contribution < 1.29 is 4.21 Å². The summed E-state index contributed by atoms with van der Waals surface area (Å²) in [5.41, 5.74) is 0.832. The van der Waals surface area contributed by atoms with E-state index in [1.54, 1.807) is 12.4 Å². The van der Waals surface area contributed by atoms with Gasteiger partial charge in [-0.2, -0.15) is 0 Å². The molecule has 0 aliphatic heterocycles. The normalized spacial score (nSPS) is 15.6. The van der Waals surface area contributed by atoms with Crippen molar-refractivity contribution in [1.82, 2.24) is 9.71 Å².